The van der Waals surface area contributed by atoms with E-state index in [4.69, 9.17) is 22.1 Å². The van der Waals surface area contributed by atoms with Crippen LogP contribution >= 0.6 is 11.6 Å². The molecular formula is C14H19ClFNO. The third kappa shape index (κ3) is 3.94. The minimum absolute atomic E-state index is 0.0794. The van der Waals surface area contributed by atoms with Gasteiger partial charge in [-0.25, -0.2) is 4.39 Å². The van der Waals surface area contributed by atoms with Gasteiger partial charge >= 0.3 is 0 Å². The maximum absolute atomic E-state index is 13.0. The molecule has 0 amide bonds. The summed E-state index contributed by atoms with van der Waals surface area (Å²) in [6.07, 6.45) is 5.36. The van der Waals surface area contributed by atoms with Crippen molar-refractivity contribution in [2.45, 2.75) is 44.2 Å². The Bertz CT molecular complexity index is 393. The summed E-state index contributed by atoms with van der Waals surface area (Å²) in [4.78, 5) is 0. The van der Waals surface area contributed by atoms with E-state index in [9.17, 15) is 4.39 Å². The highest BCUT2D eigenvalue weighted by atomic mass is 35.5. The second kappa shape index (κ2) is 6.50. The van der Waals surface area contributed by atoms with Crippen LogP contribution in [0.5, 0.6) is 0 Å². The maximum Gasteiger partial charge on any atom is 0.141 e. The van der Waals surface area contributed by atoms with Crippen molar-refractivity contribution in [1.29, 1.82) is 0 Å². The molecule has 100 valence electrons. The van der Waals surface area contributed by atoms with Crippen molar-refractivity contribution in [2.24, 2.45) is 5.73 Å². The highest BCUT2D eigenvalue weighted by Crippen LogP contribution is 2.20. The molecule has 0 radical (unpaired) electrons. The first-order chi connectivity index (χ1) is 8.65. The van der Waals surface area contributed by atoms with Gasteiger partial charge in [0.05, 0.1) is 11.1 Å². The Balaban J connectivity index is 1.78. The van der Waals surface area contributed by atoms with Gasteiger partial charge in [0.1, 0.15) is 5.82 Å². The van der Waals surface area contributed by atoms with E-state index in [1.54, 1.807) is 12.1 Å². The molecule has 1 aromatic carbocycles. The summed E-state index contributed by atoms with van der Waals surface area (Å²) in [5.74, 6) is -0.381. The van der Waals surface area contributed by atoms with Crippen molar-refractivity contribution in [3.8, 4) is 0 Å². The van der Waals surface area contributed by atoms with Crippen LogP contribution in [0.15, 0.2) is 18.2 Å². The molecule has 0 bridgehead atoms. The molecule has 4 heteroatoms. The zero-order valence-corrected chi connectivity index (χ0v) is 11.1. The lowest BCUT2D eigenvalue weighted by atomic mass is 10.00. The largest absolute Gasteiger partial charge is 0.378 e. The second-order valence-electron chi connectivity index (χ2n) is 4.93. The first-order valence-corrected chi connectivity index (χ1v) is 6.84. The minimum Gasteiger partial charge on any atom is -0.378 e. The first-order valence-electron chi connectivity index (χ1n) is 6.46. The molecule has 2 rings (SSSR count). The Morgan fingerprint density at radius 2 is 2.33 bits per heavy atom. The van der Waals surface area contributed by atoms with E-state index in [1.165, 1.54) is 6.07 Å². The summed E-state index contributed by atoms with van der Waals surface area (Å²) in [5, 5.41) is 0.166. The molecule has 1 aliphatic rings. The molecule has 1 aromatic rings. The van der Waals surface area contributed by atoms with Crippen LogP contribution < -0.4 is 5.73 Å². The van der Waals surface area contributed by atoms with Crippen LogP contribution in [0.2, 0.25) is 5.02 Å². The number of ether oxygens (including phenoxy) is 1. The van der Waals surface area contributed by atoms with E-state index < -0.39 is 0 Å². The van der Waals surface area contributed by atoms with E-state index >= 15 is 0 Å². The molecule has 0 spiro atoms. The van der Waals surface area contributed by atoms with E-state index in [0.717, 1.165) is 44.3 Å². The van der Waals surface area contributed by atoms with Gasteiger partial charge in [0.2, 0.25) is 0 Å². The molecular weight excluding hydrogens is 253 g/mol. The molecule has 2 atom stereocenters. The van der Waals surface area contributed by atoms with Crippen LogP contribution in [0.3, 0.4) is 0 Å². The van der Waals surface area contributed by atoms with Crippen molar-refractivity contribution in [2.75, 3.05) is 6.61 Å². The van der Waals surface area contributed by atoms with Crippen LogP contribution in [0.25, 0.3) is 0 Å². The predicted octanol–water partition coefficient (Wildman–Crippen LogP) is 3.31. The van der Waals surface area contributed by atoms with Crippen molar-refractivity contribution < 1.29 is 9.13 Å². The van der Waals surface area contributed by atoms with Gasteiger partial charge in [-0.2, -0.15) is 0 Å². The lowest BCUT2D eigenvalue weighted by Gasteiger charge is -2.15. The van der Waals surface area contributed by atoms with Crippen LogP contribution in [0.4, 0.5) is 4.39 Å². The number of rotatable bonds is 5. The summed E-state index contributed by atoms with van der Waals surface area (Å²) in [6, 6.07) is 4.87. The minimum atomic E-state index is -0.381. The molecule has 18 heavy (non-hydrogen) atoms. The zero-order chi connectivity index (χ0) is 13.0. The molecule has 1 saturated heterocycles. The van der Waals surface area contributed by atoms with Gasteiger partial charge in [0.15, 0.2) is 0 Å². The molecule has 1 heterocycles. The van der Waals surface area contributed by atoms with Crippen LogP contribution in [-0.4, -0.2) is 18.8 Å². The summed E-state index contributed by atoms with van der Waals surface area (Å²) in [5.41, 5.74) is 7.07. The molecule has 2 N–H and O–H groups in total. The van der Waals surface area contributed by atoms with Gasteiger partial charge in [0, 0.05) is 12.6 Å². The number of halogens is 2. The van der Waals surface area contributed by atoms with Gasteiger partial charge < -0.3 is 10.5 Å². The standard InChI is InChI=1S/C14H19ClFNO/c15-13-9-10(3-6-14(13)16)8-11(17)4-5-12-2-1-7-18-12/h3,6,9,11-12H,1-2,4-5,7-8,17H2. The van der Waals surface area contributed by atoms with Crippen LogP contribution in [-0.2, 0) is 11.2 Å². The summed E-state index contributed by atoms with van der Waals surface area (Å²) in [6.45, 7) is 0.882. The average molecular weight is 272 g/mol. The number of hydrogen-bond donors (Lipinski definition) is 1. The molecule has 0 aliphatic carbocycles. The van der Waals surface area contributed by atoms with Crippen molar-refractivity contribution in [3.63, 3.8) is 0 Å². The normalized spacial score (nSPS) is 21.2. The quantitative estimate of drug-likeness (QED) is 0.892. The maximum atomic E-state index is 13.0. The Labute approximate surface area is 112 Å². The van der Waals surface area contributed by atoms with Crippen LogP contribution in [0, 0.1) is 5.82 Å². The Kier molecular flexibility index (Phi) is 4.98. The first kappa shape index (κ1) is 13.8. The van der Waals surface area contributed by atoms with Gasteiger partial charge in [-0.15, -0.1) is 0 Å². The molecule has 1 fully saturated rings. The SMILES string of the molecule is NC(CCC1CCCO1)Cc1ccc(F)c(Cl)c1. The Hall–Kier alpha value is -0.640. The summed E-state index contributed by atoms with van der Waals surface area (Å²) >= 11 is 5.74. The predicted molar refractivity (Wildman–Crippen MR) is 71.3 cm³/mol. The summed E-state index contributed by atoms with van der Waals surface area (Å²) in [7, 11) is 0. The Morgan fingerprint density at radius 3 is 3.00 bits per heavy atom. The topological polar surface area (TPSA) is 35.2 Å². The van der Waals surface area contributed by atoms with Gasteiger partial charge in [-0.1, -0.05) is 17.7 Å². The van der Waals surface area contributed by atoms with E-state index in [0.29, 0.717) is 6.10 Å². The van der Waals surface area contributed by atoms with Crippen LogP contribution in [0.1, 0.15) is 31.2 Å². The van der Waals surface area contributed by atoms with Gasteiger partial charge in [0.25, 0.3) is 0 Å². The highest BCUT2D eigenvalue weighted by Gasteiger charge is 2.16. The monoisotopic (exact) mass is 271 g/mol. The van der Waals surface area contributed by atoms with E-state index in [1.807, 2.05) is 0 Å². The summed E-state index contributed by atoms with van der Waals surface area (Å²) < 4.78 is 18.6. The molecule has 2 unspecified atom stereocenters. The molecule has 2 nitrogen and oxygen atoms in total. The molecule has 0 aromatic heterocycles. The van der Waals surface area contributed by atoms with Gasteiger partial charge in [-0.05, 0) is 49.8 Å². The molecule has 1 aliphatic heterocycles. The zero-order valence-electron chi connectivity index (χ0n) is 10.4. The number of benzene rings is 1. The lowest BCUT2D eigenvalue weighted by molar-refractivity contribution is 0.101. The third-order valence-electron chi connectivity index (χ3n) is 3.37. The third-order valence-corrected chi connectivity index (χ3v) is 3.65. The fourth-order valence-electron chi connectivity index (χ4n) is 2.34. The second-order valence-corrected chi connectivity index (χ2v) is 5.33. The highest BCUT2D eigenvalue weighted by molar-refractivity contribution is 6.30. The Morgan fingerprint density at radius 1 is 1.50 bits per heavy atom. The van der Waals surface area contributed by atoms with Crippen molar-refractivity contribution >= 4 is 11.6 Å². The smallest absolute Gasteiger partial charge is 0.141 e. The van der Waals surface area contributed by atoms with E-state index in [2.05, 4.69) is 0 Å². The van der Waals surface area contributed by atoms with Gasteiger partial charge in [-0.3, -0.25) is 0 Å². The van der Waals surface area contributed by atoms with Crippen molar-refractivity contribution in [3.05, 3.63) is 34.6 Å². The van der Waals surface area contributed by atoms with Crippen molar-refractivity contribution in [1.82, 2.24) is 0 Å². The number of nitrogens with two attached hydrogens (primary N) is 1. The average Bonchev–Trinajstić information content (AvgIpc) is 2.84. The van der Waals surface area contributed by atoms with E-state index in [-0.39, 0.29) is 16.9 Å². The molecule has 0 saturated carbocycles. The fourth-order valence-corrected chi connectivity index (χ4v) is 2.55. The lowest BCUT2D eigenvalue weighted by Crippen LogP contribution is -2.24. The number of hydrogen-bond acceptors (Lipinski definition) is 2. The fraction of sp³-hybridized carbons (Fsp3) is 0.571.